The Kier molecular flexibility index (Phi) is 7.96. The number of anilines is 6. The van der Waals surface area contributed by atoms with Crippen LogP contribution in [0.3, 0.4) is 0 Å². The smallest absolute Gasteiger partial charge is 0.0543 e. The van der Waals surface area contributed by atoms with Gasteiger partial charge in [-0.2, -0.15) is 0 Å². The lowest BCUT2D eigenvalue weighted by Crippen LogP contribution is -2.18. The monoisotopic (exact) mass is 794 g/mol. The maximum absolute atomic E-state index is 2.56. The Labute approximate surface area is 364 Å². The topological polar surface area (TPSA) is 6.48 Å². The minimum absolute atomic E-state index is 0.224. The number of rotatable bonds is 6. The Morgan fingerprint density at radius 2 is 0.758 bits per heavy atom. The predicted octanol–water partition coefficient (Wildman–Crippen LogP) is 16.7. The first kappa shape index (κ1) is 36.4. The Morgan fingerprint density at radius 3 is 1.40 bits per heavy atom. The summed E-state index contributed by atoms with van der Waals surface area (Å²) < 4.78 is 0. The summed E-state index contributed by atoms with van der Waals surface area (Å²) in [4.78, 5) is 4.92. The first-order chi connectivity index (χ1) is 30.3. The fourth-order valence-corrected chi connectivity index (χ4v) is 10.9. The van der Waals surface area contributed by atoms with Crippen LogP contribution in [0.4, 0.5) is 34.1 Å². The van der Waals surface area contributed by atoms with Crippen molar-refractivity contribution in [2.24, 2.45) is 0 Å². The fourth-order valence-electron chi connectivity index (χ4n) is 10.9. The number of nitrogens with zero attached hydrogens (tertiary/aromatic N) is 2. The van der Waals surface area contributed by atoms with Gasteiger partial charge in [-0.05, 0) is 127 Å². The molecule has 0 radical (unpaired) electrons. The molecule has 296 valence electrons. The zero-order valence-electron chi connectivity index (χ0n) is 35.5. The molecule has 0 fully saturated rings. The van der Waals surface area contributed by atoms with Gasteiger partial charge >= 0.3 is 0 Å². The second-order valence-electron chi connectivity index (χ2n) is 18.1. The molecular formula is C60H46N2. The van der Waals surface area contributed by atoms with Crippen molar-refractivity contribution < 1.29 is 0 Å². The number of hydrogen-bond donors (Lipinski definition) is 0. The van der Waals surface area contributed by atoms with Gasteiger partial charge in [0.05, 0.1) is 17.1 Å². The molecule has 0 bridgehead atoms. The molecule has 0 atom stereocenters. The largest absolute Gasteiger partial charge is 0.310 e. The minimum Gasteiger partial charge on any atom is -0.310 e. The molecule has 0 saturated heterocycles. The second kappa shape index (κ2) is 13.5. The Morgan fingerprint density at radius 1 is 0.290 bits per heavy atom. The summed E-state index contributed by atoms with van der Waals surface area (Å²) in [6, 6.07) is 76.3. The maximum atomic E-state index is 2.56. The van der Waals surface area contributed by atoms with E-state index in [1.54, 1.807) is 0 Å². The van der Waals surface area contributed by atoms with Crippen molar-refractivity contribution in [3.63, 3.8) is 0 Å². The van der Waals surface area contributed by atoms with Crippen molar-refractivity contribution in [3.8, 4) is 22.3 Å². The van der Waals surface area contributed by atoms with E-state index < -0.39 is 0 Å². The summed E-state index contributed by atoms with van der Waals surface area (Å²) in [7, 11) is 0. The third-order valence-corrected chi connectivity index (χ3v) is 14.0. The summed E-state index contributed by atoms with van der Waals surface area (Å²) in [6.45, 7) is 9.70. The van der Waals surface area contributed by atoms with E-state index in [-0.39, 0.29) is 10.8 Å². The summed E-state index contributed by atoms with van der Waals surface area (Å²) in [5.74, 6) is 0. The van der Waals surface area contributed by atoms with Crippen LogP contribution in [-0.2, 0) is 10.8 Å². The van der Waals surface area contributed by atoms with Gasteiger partial charge in [0, 0.05) is 44.1 Å². The zero-order valence-corrected chi connectivity index (χ0v) is 35.5. The van der Waals surface area contributed by atoms with Crippen LogP contribution in [0.15, 0.2) is 206 Å². The van der Waals surface area contributed by atoms with Crippen molar-refractivity contribution in [3.05, 3.63) is 229 Å². The third kappa shape index (κ3) is 5.29. The average Bonchev–Trinajstić information content (AvgIpc) is 3.67. The highest BCUT2D eigenvalue weighted by atomic mass is 15.2. The SMILES string of the molecule is CC1(C)c2cc(N(c3ccccc3)c3cccc4ccccc34)ccc2-c2cc3c(cc21)-c1c(cc(N(c2ccccc2)c2cccc4ccccc24)c2ccccc12)C3(C)C. The molecule has 12 rings (SSSR count). The van der Waals surface area contributed by atoms with E-state index in [1.807, 2.05) is 0 Å². The van der Waals surface area contributed by atoms with Gasteiger partial charge in [-0.25, -0.2) is 0 Å². The molecule has 0 heterocycles. The van der Waals surface area contributed by atoms with Crippen LogP contribution in [0.1, 0.15) is 49.9 Å². The van der Waals surface area contributed by atoms with E-state index in [9.17, 15) is 0 Å². The van der Waals surface area contributed by atoms with Crippen LogP contribution in [0.2, 0.25) is 0 Å². The standard InChI is InChI=1S/C60H46N2/c1-59(2)51-35-43(61(41-23-7-5-8-24-41)55-31-17-21-39-19-11-13-27-44(39)55)33-34-46(51)49-36-53-50(37-52(49)59)58-48-30-16-15-29-47(48)57(38-54(58)60(53,3)4)62(42-25-9-6-10-26-42)56-32-18-22-40-20-12-14-28-45(40)56/h5-38H,1-4H3. The van der Waals surface area contributed by atoms with Gasteiger partial charge in [0.1, 0.15) is 0 Å². The lowest BCUT2D eigenvalue weighted by Gasteiger charge is -2.30. The second-order valence-corrected chi connectivity index (χ2v) is 18.1. The van der Waals surface area contributed by atoms with Gasteiger partial charge in [-0.1, -0.05) is 167 Å². The van der Waals surface area contributed by atoms with Crippen molar-refractivity contribution >= 4 is 66.4 Å². The first-order valence-electron chi connectivity index (χ1n) is 21.9. The quantitative estimate of drug-likeness (QED) is 0.165. The van der Waals surface area contributed by atoms with Crippen LogP contribution in [0.25, 0.3) is 54.6 Å². The number of hydrogen-bond acceptors (Lipinski definition) is 2. The van der Waals surface area contributed by atoms with Crippen LogP contribution in [0, 0.1) is 0 Å². The summed E-state index contributed by atoms with van der Waals surface area (Å²) in [6.07, 6.45) is 0. The van der Waals surface area contributed by atoms with Gasteiger partial charge in [0.25, 0.3) is 0 Å². The first-order valence-corrected chi connectivity index (χ1v) is 21.9. The van der Waals surface area contributed by atoms with Gasteiger partial charge in [0.15, 0.2) is 0 Å². The molecule has 0 unspecified atom stereocenters. The molecule has 0 N–H and O–H groups in total. The molecule has 2 aliphatic rings. The van der Waals surface area contributed by atoms with E-state index >= 15 is 0 Å². The number of fused-ring (bicyclic) bond motifs is 10. The van der Waals surface area contributed by atoms with Crippen LogP contribution in [-0.4, -0.2) is 0 Å². The molecule has 2 heteroatoms. The van der Waals surface area contributed by atoms with E-state index in [0.717, 1.165) is 17.1 Å². The number of para-hydroxylation sites is 2. The van der Waals surface area contributed by atoms with Crippen LogP contribution >= 0.6 is 0 Å². The lowest BCUT2D eigenvalue weighted by molar-refractivity contribution is 0.652. The molecule has 0 aliphatic heterocycles. The molecule has 62 heavy (non-hydrogen) atoms. The zero-order chi connectivity index (χ0) is 41.7. The summed E-state index contributed by atoms with van der Waals surface area (Å²) in [5.41, 5.74) is 17.4. The summed E-state index contributed by atoms with van der Waals surface area (Å²) >= 11 is 0. The van der Waals surface area contributed by atoms with Crippen LogP contribution in [0.5, 0.6) is 0 Å². The fraction of sp³-hybridized carbons (Fsp3) is 0.100. The van der Waals surface area contributed by atoms with Gasteiger partial charge in [-0.3, -0.25) is 0 Å². The molecule has 0 amide bonds. The van der Waals surface area contributed by atoms with Crippen molar-refractivity contribution in [2.45, 2.75) is 38.5 Å². The van der Waals surface area contributed by atoms with E-state index in [4.69, 9.17) is 0 Å². The van der Waals surface area contributed by atoms with E-state index in [1.165, 1.54) is 93.9 Å². The lowest BCUT2D eigenvalue weighted by atomic mass is 9.79. The average molecular weight is 795 g/mol. The Balaban J connectivity index is 1.04. The maximum Gasteiger partial charge on any atom is 0.0543 e. The van der Waals surface area contributed by atoms with Crippen LogP contribution < -0.4 is 9.80 Å². The van der Waals surface area contributed by atoms with E-state index in [0.29, 0.717) is 0 Å². The normalized spacial score (nSPS) is 14.1. The molecule has 2 nitrogen and oxygen atoms in total. The van der Waals surface area contributed by atoms with Gasteiger partial charge in [0.2, 0.25) is 0 Å². The molecule has 10 aromatic rings. The minimum atomic E-state index is -0.245. The molecule has 0 saturated carbocycles. The molecular weight excluding hydrogens is 749 g/mol. The van der Waals surface area contributed by atoms with Crippen molar-refractivity contribution in [1.82, 2.24) is 0 Å². The number of benzene rings is 10. The van der Waals surface area contributed by atoms with E-state index in [2.05, 4.69) is 244 Å². The summed E-state index contributed by atoms with van der Waals surface area (Å²) in [5, 5.41) is 7.47. The van der Waals surface area contributed by atoms with Gasteiger partial charge < -0.3 is 9.80 Å². The van der Waals surface area contributed by atoms with Crippen molar-refractivity contribution in [2.75, 3.05) is 9.80 Å². The Bertz CT molecular complexity index is 3400. The molecule has 10 aromatic carbocycles. The highest BCUT2D eigenvalue weighted by Crippen LogP contribution is 2.59. The van der Waals surface area contributed by atoms with Gasteiger partial charge in [-0.15, -0.1) is 0 Å². The highest BCUT2D eigenvalue weighted by molar-refractivity contribution is 6.12. The molecule has 2 aliphatic carbocycles. The highest BCUT2D eigenvalue weighted by Gasteiger charge is 2.43. The van der Waals surface area contributed by atoms with Crippen molar-refractivity contribution in [1.29, 1.82) is 0 Å². The third-order valence-electron chi connectivity index (χ3n) is 14.0. The predicted molar refractivity (Wildman–Crippen MR) is 263 cm³/mol. The molecule has 0 spiro atoms. The Hall–Kier alpha value is -7.42. The molecule has 0 aromatic heterocycles.